The van der Waals surface area contributed by atoms with Gasteiger partial charge in [-0.05, 0) is 17.5 Å². The Hall–Kier alpha value is -3.88. The molecule has 3 rings (SSSR count). The van der Waals surface area contributed by atoms with Gasteiger partial charge in [0.2, 0.25) is 0 Å². The zero-order valence-electron chi connectivity index (χ0n) is 14.0. The van der Waals surface area contributed by atoms with Gasteiger partial charge in [-0.15, -0.1) is 0 Å². The average Bonchev–Trinajstić information content (AvgIpc) is 2.66. The van der Waals surface area contributed by atoms with E-state index in [1.165, 1.54) is 12.7 Å². The van der Waals surface area contributed by atoms with Crippen molar-refractivity contribution in [1.29, 1.82) is 0 Å². The third-order valence-corrected chi connectivity index (χ3v) is 3.98. The Balaban J connectivity index is 2.12. The number of hydrogen-bond acceptors (Lipinski definition) is 7. The molecule has 2 heterocycles. The first-order valence-corrected chi connectivity index (χ1v) is 7.87. The molecule has 0 aliphatic carbocycles. The summed E-state index contributed by atoms with van der Waals surface area (Å²) in [6.07, 6.45) is 5.69. The van der Waals surface area contributed by atoms with Gasteiger partial charge in [0.15, 0.2) is 5.92 Å². The van der Waals surface area contributed by atoms with Gasteiger partial charge in [-0.3, -0.25) is 9.59 Å². The van der Waals surface area contributed by atoms with E-state index in [1.807, 2.05) is 0 Å². The Morgan fingerprint density at radius 1 is 0.963 bits per heavy atom. The summed E-state index contributed by atoms with van der Waals surface area (Å²) in [5.41, 5.74) is 8.71. The largest absolute Gasteiger partial charge is 0.481 e. The molecule has 0 bridgehead atoms. The van der Waals surface area contributed by atoms with Crippen molar-refractivity contribution in [1.82, 2.24) is 19.9 Å². The van der Waals surface area contributed by atoms with Crippen LogP contribution in [-0.4, -0.2) is 42.1 Å². The lowest BCUT2D eigenvalue weighted by Gasteiger charge is -2.14. The second-order valence-corrected chi connectivity index (χ2v) is 5.76. The smallest absolute Gasteiger partial charge is 0.318 e. The van der Waals surface area contributed by atoms with Gasteiger partial charge in [0.1, 0.15) is 18.5 Å². The number of nitrogens with two attached hydrogens (primary N) is 1. The fourth-order valence-electron chi connectivity index (χ4n) is 2.66. The lowest BCUT2D eigenvalue weighted by Crippen LogP contribution is -2.25. The van der Waals surface area contributed by atoms with E-state index in [-0.39, 0.29) is 12.2 Å². The van der Waals surface area contributed by atoms with Crippen molar-refractivity contribution in [3.8, 4) is 22.4 Å². The van der Waals surface area contributed by atoms with Crippen LogP contribution in [0.15, 0.2) is 49.3 Å². The molecule has 0 atom stereocenters. The highest BCUT2D eigenvalue weighted by Gasteiger charge is 2.27. The van der Waals surface area contributed by atoms with Crippen LogP contribution < -0.4 is 5.73 Å². The molecule has 0 aliphatic rings. The maximum absolute atomic E-state index is 11.4. The summed E-state index contributed by atoms with van der Waals surface area (Å²) in [5, 5.41) is 18.5. The quantitative estimate of drug-likeness (QED) is 0.552. The van der Waals surface area contributed by atoms with E-state index in [4.69, 9.17) is 5.73 Å². The third kappa shape index (κ3) is 4.03. The van der Waals surface area contributed by atoms with Crippen LogP contribution in [0.4, 0.5) is 5.82 Å². The van der Waals surface area contributed by atoms with Crippen LogP contribution in [-0.2, 0) is 16.0 Å². The van der Waals surface area contributed by atoms with Gasteiger partial charge < -0.3 is 15.9 Å². The van der Waals surface area contributed by atoms with Crippen molar-refractivity contribution < 1.29 is 19.8 Å². The molecule has 136 valence electrons. The van der Waals surface area contributed by atoms with E-state index < -0.39 is 17.9 Å². The molecule has 0 aliphatic heterocycles. The van der Waals surface area contributed by atoms with Gasteiger partial charge in [0.25, 0.3) is 0 Å². The zero-order valence-corrected chi connectivity index (χ0v) is 14.0. The number of aliphatic carboxylic acids is 2. The lowest BCUT2D eigenvalue weighted by atomic mass is 9.91. The Bertz CT molecular complexity index is 980. The fraction of sp³-hybridized carbons (Fsp3) is 0.111. The Morgan fingerprint density at radius 3 is 2.30 bits per heavy atom. The Kier molecular flexibility index (Phi) is 5.02. The minimum atomic E-state index is -1.59. The van der Waals surface area contributed by atoms with E-state index in [1.54, 1.807) is 36.7 Å². The van der Waals surface area contributed by atoms with Gasteiger partial charge >= 0.3 is 11.9 Å². The van der Waals surface area contributed by atoms with E-state index >= 15 is 0 Å². The number of nitrogen functional groups attached to an aromatic ring is 1. The highest BCUT2D eigenvalue weighted by molar-refractivity contribution is 5.93. The highest BCUT2D eigenvalue weighted by Crippen LogP contribution is 2.30. The van der Waals surface area contributed by atoms with Gasteiger partial charge in [-0.1, -0.05) is 18.2 Å². The van der Waals surface area contributed by atoms with Gasteiger partial charge in [-0.2, -0.15) is 0 Å². The predicted molar refractivity (Wildman–Crippen MR) is 95.4 cm³/mol. The molecule has 0 unspecified atom stereocenters. The molecule has 4 N–H and O–H groups in total. The van der Waals surface area contributed by atoms with Crippen LogP contribution in [0.3, 0.4) is 0 Å². The minimum absolute atomic E-state index is 0.217. The number of anilines is 1. The molecule has 9 nitrogen and oxygen atoms in total. The van der Waals surface area contributed by atoms with Crippen molar-refractivity contribution in [2.45, 2.75) is 6.42 Å². The summed E-state index contributed by atoms with van der Waals surface area (Å²) >= 11 is 0. The zero-order chi connectivity index (χ0) is 19.4. The second-order valence-electron chi connectivity index (χ2n) is 5.76. The molecular formula is C18H15N5O4. The first kappa shape index (κ1) is 17.9. The number of carbonyl (C=O) groups is 2. The lowest BCUT2D eigenvalue weighted by molar-refractivity contribution is -0.154. The number of aromatic nitrogens is 4. The molecule has 1 aromatic carbocycles. The Labute approximate surface area is 153 Å². The molecule has 0 radical (unpaired) electrons. The van der Waals surface area contributed by atoms with Gasteiger partial charge in [-0.25, -0.2) is 19.9 Å². The number of rotatable bonds is 6. The summed E-state index contributed by atoms with van der Waals surface area (Å²) < 4.78 is 0. The standard InChI is InChI=1S/C18H15N5O4/c19-16-5-15(22-9-23-16)13-2-1-10(12-6-20-8-21-7-12)3-11(13)4-14(17(24)25)18(26)27/h1-3,5-9,14H,4H2,(H,24,25)(H,26,27)(H2,19,22,23). The number of carboxylic acid groups (broad SMARTS) is 2. The molecule has 9 heteroatoms. The van der Waals surface area contributed by atoms with E-state index in [9.17, 15) is 19.8 Å². The van der Waals surface area contributed by atoms with E-state index in [0.29, 0.717) is 16.8 Å². The maximum Gasteiger partial charge on any atom is 0.318 e. The second kappa shape index (κ2) is 7.56. The first-order valence-electron chi connectivity index (χ1n) is 7.87. The molecule has 0 spiro atoms. The normalized spacial score (nSPS) is 10.7. The van der Waals surface area contributed by atoms with Crippen molar-refractivity contribution in [3.63, 3.8) is 0 Å². The van der Waals surface area contributed by atoms with Crippen molar-refractivity contribution in [2.75, 3.05) is 5.73 Å². The van der Waals surface area contributed by atoms with Crippen LogP contribution in [0, 0.1) is 5.92 Å². The SMILES string of the molecule is Nc1cc(-c2ccc(-c3cncnc3)cc2CC(C(=O)O)C(=O)O)ncn1. The molecule has 2 aromatic heterocycles. The molecule has 0 saturated carbocycles. The first-order chi connectivity index (χ1) is 13.0. The highest BCUT2D eigenvalue weighted by atomic mass is 16.4. The van der Waals surface area contributed by atoms with Crippen molar-refractivity contribution in [3.05, 3.63) is 54.9 Å². The number of nitrogens with zero attached hydrogens (tertiary/aromatic N) is 4. The molecule has 0 amide bonds. The monoisotopic (exact) mass is 365 g/mol. The average molecular weight is 365 g/mol. The van der Waals surface area contributed by atoms with E-state index in [0.717, 1.165) is 11.1 Å². The van der Waals surface area contributed by atoms with Crippen LogP contribution >= 0.6 is 0 Å². The fourth-order valence-corrected chi connectivity index (χ4v) is 2.66. The summed E-state index contributed by atoms with van der Waals surface area (Å²) in [7, 11) is 0. The van der Waals surface area contributed by atoms with Crippen molar-refractivity contribution >= 4 is 17.8 Å². The molecule has 27 heavy (non-hydrogen) atoms. The molecular weight excluding hydrogens is 350 g/mol. The van der Waals surface area contributed by atoms with Crippen LogP contribution in [0.5, 0.6) is 0 Å². The van der Waals surface area contributed by atoms with Gasteiger partial charge in [0.05, 0.1) is 5.69 Å². The topological polar surface area (TPSA) is 152 Å². The van der Waals surface area contributed by atoms with Crippen molar-refractivity contribution in [2.24, 2.45) is 5.92 Å². The third-order valence-electron chi connectivity index (χ3n) is 3.98. The number of hydrogen-bond donors (Lipinski definition) is 3. The molecule has 3 aromatic rings. The summed E-state index contributed by atoms with van der Waals surface area (Å²) in [5.74, 6) is -4.17. The van der Waals surface area contributed by atoms with Gasteiger partial charge in [0, 0.05) is 29.6 Å². The van der Waals surface area contributed by atoms with E-state index in [2.05, 4.69) is 19.9 Å². The summed E-state index contributed by atoms with van der Waals surface area (Å²) in [6, 6.07) is 6.79. The molecule has 0 saturated heterocycles. The predicted octanol–water partition coefficient (Wildman–Crippen LogP) is 1.51. The maximum atomic E-state index is 11.4. The van der Waals surface area contributed by atoms with Crippen LogP contribution in [0.2, 0.25) is 0 Å². The Morgan fingerprint density at radius 2 is 1.67 bits per heavy atom. The minimum Gasteiger partial charge on any atom is -0.481 e. The number of benzene rings is 1. The summed E-state index contributed by atoms with van der Waals surface area (Å²) in [6.45, 7) is 0. The van der Waals surface area contributed by atoms with Crippen LogP contribution in [0.1, 0.15) is 5.56 Å². The van der Waals surface area contributed by atoms with Crippen LogP contribution in [0.25, 0.3) is 22.4 Å². The summed E-state index contributed by atoms with van der Waals surface area (Å²) in [4.78, 5) is 38.6. The number of carboxylic acids is 2. The molecule has 0 fully saturated rings.